The lowest BCUT2D eigenvalue weighted by Gasteiger charge is -2.15. The van der Waals surface area contributed by atoms with Crippen molar-refractivity contribution in [1.82, 2.24) is 4.98 Å². The number of thiophene rings is 1. The summed E-state index contributed by atoms with van der Waals surface area (Å²) in [6.07, 6.45) is 1.89. The molecular formula is C31H19NS. The molecule has 1 nitrogen and oxygen atoms in total. The Morgan fingerprint density at radius 2 is 1.09 bits per heavy atom. The van der Waals surface area contributed by atoms with Crippen LogP contribution in [0.1, 0.15) is 0 Å². The molecule has 7 aromatic rings. The van der Waals surface area contributed by atoms with E-state index in [1.165, 1.54) is 58.6 Å². The van der Waals surface area contributed by atoms with Crippen LogP contribution in [0.4, 0.5) is 0 Å². The molecule has 7 rings (SSSR count). The van der Waals surface area contributed by atoms with Crippen LogP contribution in [0.15, 0.2) is 115 Å². The molecule has 2 aromatic heterocycles. The summed E-state index contributed by atoms with van der Waals surface area (Å²) in [5.41, 5.74) is 6.06. The van der Waals surface area contributed by atoms with Crippen molar-refractivity contribution in [2.24, 2.45) is 0 Å². The molecule has 5 aromatic carbocycles. The van der Waals surface area contributed by atoms with E-state index in [9.17, 15) is 0 Å². The summed E-state index contributed by atoms with van der Waals surface area (Å²) < 4.78 is 2.66. The van der Waals surface area contributed by atoms with Crippen LogP contribution in [-0.4, -0.2) is 4.98 Å². The first-order valence-electron chi connectivity index (χ1n) is 11.1. The summed E-state index contributed by atoms with van der Waals surface area (Å²) >= 11 is 1.87. The Kier molecular flexibility index (Phi) is 4.08. The van der Waals surface area contributed by atoms with Crippen LogP contribution >= 0.6 is 11.3 Å². The van der Waals surface area contributed by atoms with Crippen LogP contribution in [0.5, 0.6) is 0 Å². The van der Waals surface area contributed by atoms with Gasteiger partial charge in [0.15, 0.2) is 0 Å². The van der Waals surface area contributed by atoms with Crippen LogP contribution in [0.3, 0.4) is 0 Å². The van der Waals surface area contributed by atoms with Crippen molar-refractivity contribution in [3.8, 4) is 22.3 Å². The third-order valence-electron chi connectivity index (χ3n) is 6.52. The number of fused-ring (bicyclic) bond motifs is 6. The minimum atomic E-state index is 1.06. The van der Waals surface area contributed by atoms with Crippen molar-refractivity contribution in [2.75, 3.05) is 0 Å². The zero-order valence-electron chi connectivity index (χ0n) is 17.8. The Hall–Kier alpha value is -4.01. The fourth-order valence-corrected chi connectivity index (χ4v) is 6.22. The van der Waals surface area contributed by atoms with Gasteiger partial charge in [0.05, 0.1) is 5.52 Å². The average Bonchev–Trinajstić information content (AvgIpc) is 3.27. The molecule has 0 aliphatic heterocycles. The van der Waals surface area contributed by atoms with Crippen LogP contribution in [-0.2, 0) is 0 Å². The fraction of sp³-hybridized carbons (Fsp3) is 0. The highest BCUT2D eigenvalue weighted by Crippen LogP contribution is 2.44. The third-order valence-corrected chi connectivity index (χ3v) is 7.66. The number of aromatic nitrogens is 1. The summed E-state index contributed by atoms with van der Waals surface area (Å²) in [4.78, 5) is 4.78. The van der Waals surface area contributed by atoms with Crippen molar-refractivity contribution in [2.45, 2.75) is 0 Å². The van der Waals surface area contributed by atoms with Crippen LogP contribution < -0.4 is 0 Å². The van der Waals surface area contributed by atoms with Crippen molar-refractivity contribution >= 4 is 53.2 Å². The van der Waals surface area contributed by atoms with Gasteiger partial charge in [-0.2, -0.15) is 0 Å². The molecule has 33 heavy (non-hydrogen) atoms. The summed E-state index contributed by atoms with van der Waals surface area (Å²) in [6.45, 7) is 0. The van der Waals surface area contributed by atoms with E-state index in [0.29, 0.717) is 0 Å². The lowest BCUT2D eigenvalue weighted by molar-refractivity contribution is 1.43. The van der Waals surface area contributed by atoms with E-state index in [1.54, 1.807) is 0 Å². The highest BCUT2D eigenvalue weighted by molar-refractivity contribution is 7.25. The van der Waals surface area contributed by atoms with E-state index < -0.39 is 0 Å². The second-order valence-corrected chi connectivity index (χ2v) is 9.45. The van der Waals surface area contributed by atoms with Crippen LogP contribution in [0, 0.1) is 0 Å². The van der Waals surface area contributed by atoms with E-state index in [4.69, 9.17) is 4.98 Å². The Morgan fingerprint density at radius 3 is 1.97 bits per heavy atom. The number of rotatable bonds is 2. The van der Waals surface area contributed by atoms with E-state index in [-0.39, 0.29) is 0 Å². The van der Waals surface area contributed by atoms with Gasteiger partial charge in [-0.15, -0.1) is 11.3 Å². The summed E-state index contributed by atoms with van der Waals surface area (Å²) in [5, 5.41) is 6.26. The van der Waals surface area contributed by atoms with Gasteiger partial charge in [-0.3, -0.25) is 4.98 Å². The summed E-state index contributed by atoms with van der Waals surface area (Å²) in [6, 6.07) is 39.3. The molecule has 154 valence electrons. The predicted octanol–water partition coefficient (Wildman–Crippen LogP) is 9.09. The predicted molar refractivity (Wildman–Crippen MR) is 143 cm³/mol. The Bertz CT molecular complexity index is 1830. The molecule has 0 unspecified atom stereocenters. The highest BCUT2D eigenvalue weighted by atomic mass is 32.1. The van der Waals surface area contributed by atoms with Crippen LogP contribution in [0.25, 0.3) is 64.1 Å². The van der Waals surface area contributed by atoms with E-state index in [1.807, 2.05) is 23.6 Å². The first kappa shape index (κ1) is 18.6. The Balaban J connectivity index is 1.59. The second kappa shape index (κ2) is 7.26. The smallest absolute Gasteiger partial charge is 0.0786 e. The van der Waals surface area contributed by atoms with E-state index in [0.717, 1.165) is 5.52 Å². The standard InChI is InChI=1S/C31H19NS/c1-2-11-23(25-14-6-16-28-30(25)26-12-3-4-15-27(26)33-28)22(10-1)24-13-5-8-20-17-18-21-9-7-19-32-31(21)29(20)24/h1-19H. The summed E-state index contributed by atoms with van der Waals surface area (Å²) in [7, 11) is 0. The maximum absolute atomic E-state index is 4.78. The zero-order valence-corrected chi connectivity index (χ0v) is 18.6. The lowest BCUT2D eigenvalue weighted by Crippen LogP contribution is -1.89. The molecule has 0 radical (unpaired) electrons. The van der Waals surface area contributed by atoms with Gasteiger partial charge in [0.25, 0.3) is 0 Å². The second-order valence-electron chi connectivity index (χ2n) is 8.37. The zero-order chi connectivity index (χ0) is 21.8. The molecule has 2 heterocycles. The Morgan fingerprint density at radius 1 is 0.455 bits per heavy atom. The SMILES string of the molecule is c1ccc(-c2cccc3ccc4cccnc4c23)c(-c2cccc3sc4ccccc4c23)c1. The first-order valence-corrected chi connectivity index (χ1v) is 12.0. The third kappa shape index (κ3) is 2.81. The van der Waals surface area contributed by atoms with Gasteiger partial charge in [-0.25, -0.2) is 0 Å². The molecule has 0 bridgehead atoms. The molecule has 0 aliphatic carbocycles. The van der Waals surface area contributed by atoms with E-state index in [2.05, 4.69) is 103 Å². The monoisotopic (exact) mass is 437 g/mol. The van der Waals surface area contributed by atoms with Crippen LogP contribution in [0.2, 0.25) is 0 Å². The molecule has 0 amide bonds. The topological polar surface area (TPSA) is 12.9 Å². The lowest BCUT2D eigenvalue weighted by atomic mass is 9.89. The molecule has 0 N–H and O–H groups in total. The van der Waals surface area contributed by atoms with Gasteiger partial charge < -0.3 is 0 Å². The first-order chi connectivity index (χ1) is 16.4. The van der Waals surface area contributed by atoms with Gasteiger partial charge in [0.2, 0.25) is 0 Å². The molecular weight excluding hydrogens is 418 g/mol. The Labute approximate surface area is 195 Å². The fourth-order valence-electron chi connectivity index (χ4n) is 5.09. The van der Waals surface area contributed by atoms with Gasteiger partial charge in [0.1, 0.15) is 0 Å². The van der Waals surface area contributed by atoms with Crippen molar-refractivity contribution in [3.05, 3.63) is 115 Å². The molecule has 0 saturated heterocycles. The van der Waals surface area contributed by atoms with Crippen molar-refractivity contribution in [3.63, 3.8) is 0 Å². The van der Waals surface area contributed by atoms with Gasteiger partial charge in [-0.05, 0) is 45.8 Å². The largest absolute Gasteiger partial charge is 0.256 e. The summed E-state index contributed by atoms with van der Waals surface area (Å²) in [5.74, 6) is 0. The minimum absolute atomic E-state index is 1.06. The van der Waals surface area contributed by atoms with Gasteiger partial charge in [-0.1, -0.05) is 91.0 Å². The number of hydrogen-bond acceptors (Lipinski definition) is 2. The number of nitrogens with zero attached hydrogens (tertiary/aromatic N) is 1. The minimum Gasteiger partial charge on any atom is -0.256 e. The molecule has 0 saturated carbocycles. The maximum atomic E-state index is 4.78. The normalized spacial score (nSPS) is 11.6. The molecule has 0 atom stereocenters. The van der Waals surface area contributed by atoms with E-state index >= 15 is 0 Å². The molecule has 2 heteroatoms. The van der Waals surface area contributed by atoms with Gasteiger partial charge >= 0.3 is 0 Å². The number of benzene rings is 5. The number of hydrogen-bond donors (Lipinski definition) is 0. The van der Waals surface area contributed by atoms with Gasteiger partial charge in [0, 0.05) is 37.1 Å². The van der Waals surface area contributed by atoms with Crippen molar-refractivity contribution in [1.29, 1.82) is 0 Å². The highest BCUT2D eigenvalue weighted by Gasteiger charge is 2.16. The quantitative estimate of drug-likeness (QED) is 0.246. The molecule has 0 fully saturated rings. The average molecular weight is 438 g/mol. The molecule has 0 spiro atoms. The maximum Gasteiger partial charge on any atom is 0.0786 e. The van der Waals surface area contributed by atoms with Crippen molar-refractivity contribution < 1.29 is 0 Å². The number of pyridine rings is 1. The molecule has 0 aliphatic rings.